The average molecular weight is 566 g/mol. The zero-order valence-electron chi connectivity index (χ0n) is 13.8. The Bertz CT molecular complexity index is 616. The summed E-state index contributed by atoms with van der Waals surface area (Å²) in [6, 6.07) is 8.48. The van der Waals surface area contributed by atoms with E-state index in [1.807, 2.05) is 26.1 Å². The van der Waals surface area contributed by atoms with Gasteiger partial charge in [-0.15, -0.1) is 0 Å². The summed E-state index contributed by atoms with van der Waals surface area (Å²) in [5.41, 5.74) is 4.24. The van der Waals surface area contributed by atoms with Crippen molar-refractivity contribution in [1.82, 2.24) is 9.97 Å². The molecule has 0 aromatic carbocycles. The molecule has 3 radical (unpaired) electrons. The quantitative estimate of drug-likeness (QED) is 0.480. The molecule has 23 heavy (non-hydrogen) atoms. The van der Waals surface area contributed by atoms with Gasteiger partial charge in [0.1, 0.15) is 0 Å². The first-order chi connectivity index (χ1) is 10.1. The number of halogens is 3. The van der Waals surface area contributed by atoms with Crippen LogP contribution in [-0.4, -0.2) is 26.5 Å². The molecule has 0 saturated carbocycles. The van der Waals surface area contributed by atoms with Gasteiger partial charge in [-0.3, -0.25) is 9.97 Å². The van der Waals surface area contributed by atoms with Gasteiger partial charge in [0.05, 0.1) is 13.8 Å². The van der Waals surface area contributed by atoms with E-state index < -0.39 is 21.5 Å². The van der Waals surface area contributed by atoms with Crippen molar-refractivity contribution in [2.24, 2.45) is 0 Å². The van der Waals surface area contributed by atoms with Gasteiger partial charge in [-0.05, 0) is 37.2 Å². The van der Waals surface area contributed by atoms with E-state index in [1.54, 1.807) is 0 Å². The molecular weight excluding hydrogens is 546 g/mol. The number of aromatic nitrogens is 2. The fourth-order valence-corrected chi connectivity index (χ4v) is 2.99. The molecule has 0 fully saturated rings. The Balaban J connectivity index is 0.000000871. The van der Waals surface area contributed by atoms with Crippen LogP contribution in [0.15, 0.2) is 30.5 Å². The first-order valence-corrected chi connectivity index (χ1v) is 19.1. The van der Waals surface area contributed by atoms with Gasteiger partial charge in [0.2, 0.25) is 0 Å². The number of rotatable bonds is 2. The second-order valence-electron chi connectivity index (χ2n) is 5.91. The molecule has 0 aliphatic rings. The maximum atomic E-state index is 4.97. The Morgan fingerprint density at radius 3 is 1.91 bits per heavy atom. The molecular formula is C15H20BCl3IrN2Si. The molecule has 2 nitrogen and oxygen atoms in total. The third-order valence-electron chi connectivity index (χ3n) is 3.13. The summed E-state index contributed by atoms with van der Waals surface area (Å²) in [5.74, 6) is 0. The minimum absolute atomic E-state index is 0. The van der Waals surface area contributed by atoms with Crippen LogP contribution in [0.5, 0.6) is 0 Å². The predicted octanol–water partition coefficient (Wildman–Crippen LogP) is 4.99. The molecule has 0 N–H and O–H groups in total. The zero-order valence-corrected chi connectivity index (χ0v) is 19.5. The molecule has 0 aliphatic heterocycles. The summed E-state index contributed by atoms with van der Waals surface area (Å²) in [4.78, 5) is 9.09. The van der Waals surface area contributed by atoms with Crippen LogP contribution in [0.3, 0.4) is 0 Å². The van der Waals surface area contributed by atoms with Crippen LogP contribution in [0.4, 0.5) is 0 Å². The molecule has 0 saturated heterocycles. The van der Waals surface area contributed by atoms with E-state index in [2.05, 4.69) is 47.8 Å². The van der Waals surface area contributed by atoms with E-state index in [4.69, 9.17) is 28.8 Å². The second-order valence-corrected chi connectivity index (χ2v) is 21.4. The number of pyridine rings is 2. The predicted molar refractivity (Wildman–Crippen MR) is 103 cm³/mol. The van der Waals surface area contributed by atoms with Crippen LogP contribution in [0.1, 0.15) is 11.4 Å². The van der Waals surface area contributed by atoms with Crippen LogP contribution in [0.25, 0.3) is 11.3 Å². The summed E-state index contributed by atoms with van der Waals surface area (Å²) in [6.45, 7) is 11.1. The normalized spacial score (nSPS) is 11.0. The summed E-state index contributed by atoms with van der Waals surface area (Å²) < 4.78 is 0. The number of hydrogen-bond donors (Lipinski definition) is 0. The van der Waals surface area contributed by atoms with Crippen LogP contribution < -0.4 is 5.19 Å². The van der Waals surface area contributed by atoms with Crippen molar-refractivity contribution < 1.29 is 13.5 Å². The topological polar surface area (TPSA) is 25.8 Å². The molecule has 127 valence electrons. The molecule has 0 amide bonds. The van der Waals surface area contributed by atoms with Gasteiger partial charge >= 0.3 is 42.2 Å². The van der Waals surface area contributed by atoms with Gasteiger partial charge in [0.15, 0.2) is 0 Å². The van der Waals surface area contributed by atoms with Gasteiger partial charge in [0, 0.05) is 31.6 Å². The van der Waals surface area contributed by atoms with Gasteiger partial charge < -0.3 is 0 Å². The van der Waals surface area contributed by atoms with Gasteiger partial charge in [-0.2, -0.15) is 0 Å². The first-order valence-electron chi connectivity index (χ1n) is 6.67. The molecule has 8 heteroatoms. The zero-order chi connectivity index (χ0) is 16.9. The standard InChI is InChI=1S/C15H20N2Si.B.3ClH.Ir/c1-11-6-8-14(12(2)17-11)15-9-7-13(10-16-15)18(3,4)5;;;;;/h6-10H,1-5H3;;3*1H;/q;;;;;+3/p-3. The second kappa shape index (κ2) is 10.2. The number of hydrogen-bond acceptors (Lipinski definition) is 2. The average Bonchev–Trinajstić information content (AvgIpc) is 2.37. The fourth-order valence-electron chi connectivity index (χ4n) is 1.95. The van der Waals surface area contributed by atoms with Gasteiger partial charge in [-0.1, -0.05) is 25.7 Å². The van der Waals surface area contributed by atoms with Crippen molar-refractivity contribution in [3.8, 4) is 11.3 Å². The Kier molecular flexibility index (Phi) is 10.2. The molecule has 2 aromatic rings. The Morgan fingerprint density at radius 2 is 1.52 bits per heavy atom. The summed E-state index contributed by atoms with van der Waals surface area (Å²) >= 11 is -1.92. The van der Waals surface area contributed by atoms with E-state index in [0.29, 0.717) is 0 Å². The van der Waals surface area contributed by atoms with Crippen molar-refractivity contribution in [2.75, 3.05) is 0 Å². The van der Waals surface area contributed by atoms with Crippen LogP contribution in [-0.2, 0) is 13.5 Å². The Labute approximate surface area is 159 Å². The third-order valence-corrected chi connectivity index (χ3v) is 5.16. The summed E-state index contributed by atoms with van der Waals surface area (Å²) in [5, 5.41) is 1.39. The van der Waals surface area contributed by atoms with E-state index in [-0.39, 0.29) is 8.41 Å². The fraction of sp³-hybridized carbons (Fsp3) is 0.333. The molecule has 0 aliphatic carbocycles. The van der Waals surface area contributed by atoms with Gasteiger partial charge in [0.25, 0.3) is 0 Å². The summed E-state index contributed by atoms with van der Waals surface area (Å²) in [7, 11) is 13.7. The SMILES string of the molecule is Cc1ccc(-c2ccc([Si](C)(C)C)cn2)c(C)n1.[B].[Cl][Ir]([Cl])[Cl]. The van der Waals surface area contributed by atoms with Crippen molar-refractivity contribution in [3.63, 3.8) is 0 Å². The van der Waals surface area contributed by atoms with E-state index in [1.165, 1.54) is 5.19 Å². The molecule has 2 aromatic heterocycles. The Morgan fingerprint density at radius 1 is 0.957 bits per heavy atom. The van der Waals surface area contributed by atoms with E-state index >= 15 is 0 Å². The molecule has 2 heterocycles. The molecule has 0 atom stereocenters. The number of nitrogens with zero attached hydrogens (tertiary/aromatic N) is 2. The third kappa shape index (κ3) is 8.15. The molecule has 0 unspecified atom stereocenters. The molecule has 0 bridgehead atoms. The van der Waals surface area contributed by atoms with Crippen molar-refractivity contribution in [3.05, 3.63) is 41.9 Å². The van der Waals surface area contributed by atoms with Gasteiger partial charge in [-0.25, -0.2) is 0 Å². The monoisotopic (exact) mass is 565 g/mol. The number of aryl methyl sites for hydroxylation is 2. The maximum absolute atomic E-state index is 4.97. The van der Waals surface area contributed by atoms with Crippen LogP contribution in [0, 0.1) is 13.8 Å². The molecule has 0 spiro atoms. The molecule has 2 rings (SSSR count). The van der Waals surface area contributed by atoms with E-state index in [0.717, 1.165) is 22.6 Å². The summed E-state index contributed by atoms with van der Waals surface area (Å²) in [6.07, 6.45) is 2.03. The van der Waals surface area contributed by atoms with Crippen LogP contribution in [0.2, 0.25) is 19.6 Å². The van der Waals surface area contributed by atoms with E-state index in [9.17, 15) is 0 Å². The van der Waals surface area contributed by atoms with Crippen molar-refractivity contribution in [1.29, 1.82) is 0 Å². The van der Waals surface area contributed by atoms with Crippen molar-refractivity contribution in [2.45, 2.75) is 33.5 Å². The minimum atomic E-state index is -1.92. The first kappa shape index (κ1) is 23.1. The van der Waals surface area contributed by atoms with Crippen molar-refractivity contribution >= 4 is 50.4 Å². The van der Waals surface area contributed by atoms with Crippen LogP contribution >= 0.6 is 28.8 Å². The Hall–Kier alpha value is 0.101.